The number of pyridine rings is 3. The number of hydrogen-bond acceptors (Lipinski definition) is 8. The Bertz CT molecular complexity index is 1490. The Hall–Kier alpha value is -3.68. The molecule has 1 N–H and O–H groups in total. The lowest BCUT2D eigenvalue weighted by molar-refractivity contribution is -0.141. The van der Waals surface area contributed by atoms with Gasteiger partial charge in [-0.25, -0.2) is 14.8 Å². The molecule has 3 aliphatic heterocycles. The van der Waals surface area contributed by atoms with Crippen molar-refractivity contribution < 1.29 is 32.2 Å². The van der Waals surface area contributed by atoms with Crippen LogP contribution < -0.4 is 19.9 Å². The molecule has 6 heterocycles. The van der Waals surface area contributed by atoms with Gasteiger partial charge in [-0.2, -0.15) is 13.2 Å². The van der Waals surface area contributed by atoms with E-state index >= 15 is 0 Å². The first-order chi connectivity index (χ1) is 19.5. The minimum atomic E-state index is -4.58. The lowest BCUT2D eigenvalue weighted by Gasteiger charge is -2.36. The maximum absolute atomic E-state index is 13.7. The third kappa shape index (κ3) is 5.61. The van der Waals surface area contributed by atoms with Crippen LogP contribution in [0.1, 0.15) is 25.8 Å². The molecule has 3 aromatic rings. The maximum atomic E-state index is 13.7. The summed E-state index contributed by atoms with van der Waals surface area (Å²) >= 11 is 6.51. The highest BCUT2D eigenvalue weighted by molar-refractivity contribution is 6.33. The standard InChI is InChI=1S/C27H26ClF3N6O4/c1-26(2)40-14-19(41-26)13-39-22-8-17(3-5-33-22)34-25(38)37-18-4-6-36(12-18)21-9-20(28)23(35-24(21)37)15-7-16(11-32-10-15)27(29,30)31/h3,5,7-11,18-19H,4,6,12-14H2,1-2H3,(H,33,34,38)/t18-,19?/m0/s1. The number of anilines is 3. The van der Waals surface area contributed by atoms with Crippen LogP contribution in [0.2, 0.25) is 5.02 Å². The molecule has 0 aliphatic carbocycles. The minimum absolute atomic E-state index is 0.0943. The summed E-state index contributed by atoms with van der Waals surface area (Å²) in [5.74, 6) is -0.0702. The molecule has 1 unspecified atom stereocenters. The van der Waals surface area contributed by atoms with E-state index in [2.05, 4.69) is 25.2 Å². The average Bonchev–Trinajstić information content (AvgIpc) is 3.50. The molecule has 0 spiro atoms. The molecule has 0 aromatic carbocycles. The number of fused-ring (bicyclic) bond motifs is 4. The number of carbonyl (C=O) groups is 1. The smallest absolute Gasteiger partial charge is 0.417 e. The van der Waals surface area contributed by atoms with Gasteiger partial charge in [0.1, 0.15) is 12.7 Å². The number of aromatic nitrogens is 3. The van der Waals surface area contributed by atoms with Gasteiger partial charge in [-0.1, -0.05) is 11.6 Å². The lowest BCUT2D eigenvalue weighted by atomic mass is 10.1. The van der Waals surface area contributed by atoms with Crippen LogP contribution in [0, 0.1) is 0 Å². The fourth-order valence-corrected chi connectivity index (χ4v) is 5.44. The van der Waals surface area contributed by atoms with Crippen LogP contribution in [-0.2, 0) is 15.7 Å². The van der Waals surface area contributed by atoms with E-state index in [1.54, 1.807) is 18.2 Å². The molecule has 14 heteroatoms. The highest BCUT2D eigenvalue weighted by Crippen LogP contribution is 2.43. The molecular weight excluding hydrogens is 565 g/mol. The molecule has 3 aromatic heterocycles. The van der Waals surface area contributed by atoms with Gasteiger partial charge in [0.2, 0.25) is 5.88 Å². The SMILES string of the molecule is CC1(C)OCC(COc2cc(NC(=O)N3c4nc(-c5cncc(C(F)(F)F)c5)c(Cl)cc4N4CC[C@H]3C4)ccn2)O1. The first-order valence-corrected chi connectivity index (χ1v) is 13.3. The van der Waals surface area contributed by atoms with E-state index in [1.165, 1.54) is 17.3 Å². The van der Waals surface area contributed by atoms with Crippen molar-refractivity contribution in [1.29, 1.82) is 0 Å². The second kappa shape index (κ2) is 10.3. The van der Waals surface area contributed by atoms with E-state index in [4.69, 9.17) is 25.8 Å². The van der Waals surface area contributed by atoms with Gasteiger partial charge in [0.05, 0.1) is 34.6 Å². The number of halogens is 4. The van der Waals surface area contributed by atoms with E-state index in [1.807, 2.05) is 13.8 Å². The topological polar surface area (TPSA) is 102 Å². The van der Waals surface area contributed by atoms with Gasteiger partial charge in [-0.3, -0.25) is 9.88 Å². The van der Waals surface area contributed by atoms with Crippen LogP contribution >= 0.6 is 11.6 Å². The normalized spacial score (nSPS) is 21.1. The predicted octanol–water partition coefficient (Wildman–Crippen LogP) is 5.37. The molecule has 216 valence electrons. The summed E-state index contributed by atoms with van der Waals surface area (Å²) in [6.45, 7) is 5.53. The number of nitrogens with zero attached hydrogens (tertiary/aromatic N) is 5. The molecule has 0 saturated carbocycles. The largest absolute Gasteiger partial charge is 0.475 e. The van der Waals surface area contributed by atoms with E-state index in [-0.39, 0.29) is 35.0 Å². The van der Waals surface area contributed by atoms with Gasteiger partial charge < -0.3 is 24.4 Å². The van der Waals surface area contributed by atoms with Gasteiger partial charge >= 0.3 is 12.2 Å². The molecule has 0 radical (unpaired) electrons. The summed E-state index contributed by atoms with van der Waals surface area (Å²) in [5, 5.41) is 3.04. The van der Waals surface area contributed by atoms with Crippen LogP contribution in [0.3, 0.4) is 0 Å². The van der Waals surface area contributed by atoms with Crippen LogP contribution in [0.4, 0.5) is 35.2 Å². The monoisotopic (exact) mass is 590 g/mol. The summed E-state index contributed by atoms with van der Waals surface area (Å²) in [5.41, 5.74) is 0.350. The summed E-state index contributed by atoms with van der Waals surface area (Å²) in [6, 6.07) is 5.16. The van der Waals surface area contributed by atoms with Crippen molar-refractivity contribution in [2.75, 3.05) is 41.4 Å². The quantitative estimate of drug-likeness (QED) is 0.423. The van der Waals surface area contributed by atoms with E-state index < -0.39 is 23.6 Å². The molecular formula is C27H26ClF3N6O4. The van der Waals surface area contributed by atoms with Crippen LogP contribution in [0.25, 0.3) is 11.3 Å². The Morgan fingerprint density at radius 2 is 2.10 bits per heavy atom. The maximum Gasteiger partial charge on any atom is 0.417 e. The molecule has 6 rings (SSSR count). The second-order valence-corrected chi connectivity index (χ2v) is 10.9. The van der Waals surface area contributed by atoms with Crippen molar-refractivity contribution in [2.45, 2.75) is 44.4 Å². The van der Waals surface area contributed by atoms with E-state index in [9.17, 15) is 18.0 Å². The number of amides is 2. The van der Waals surface area contributed by atoms with Crippen LogP contribution in [-0.4, -0.2) is 65.2 Å². The first kappa shape index (κ1) is 27.5. The fourth-order valence-electron chi connectivity index (χ4n) is 5.19. The zero-order valence-electron chi connectivity index (χ0n) is 22.1. The number of hydrogen-bond donors (Lipinski definition) is 1. The molecule has 2 bridgehead atoms. The van der Waals surface area contributed by atoms with Crippen molar-refractivity contribution in [2.24, 2.45) is 0 Å². The molecule has 2 saturated heterocycles. The average molecular weight is 591 g/mol. The summed E-state index contributed by atoms with van der Waals surface area (Å²) in [4.78, 5) is 29.8. The van der Waals surface area contributed by atoms with Gasteiger partial charge in [0, 0.05) is 49.0 Å². The molecule has 3 aliphatic rings. The zero-order valence-corrected chi connectivity index (χ0v) is 22.9. The van der Waals surface area contributed by atoms with Gasteiger partial charge in [0.15, 0.2) is 11.6 Å². The third-order valence-corrected chi connectivity index (χ3v) is 7.35. The Kier molecular flexibility index (Phi) is 6.91. The van der Waals surface area contributed by atoms with Crippen LogP contribution in [0.15, 0.2) is 42.9 Å². The predicted molar refractivity (Wildman–Crippen MR) is 144 cm³/mol. The van der Waals surface area contributed by atoms with E-state index in [0.29, 0.717) is 49.2 Å². The number of nitrogens with one attached hydrogen (secondary N) is 1. The zero-order chi connectivity index (χ0) is 28.9. The van der Waals surface area contributed by atoms with Crippen LogP contribution in [0.5, 0.6) is 5.88 Å². The van der Waals surface area contributed by atoms with Gasteiger partial charge in [-0.05, 0) is 38.5 Å². The summed E-state index contributed by atoms with van der Waals surface area (Å²) in [7, 11) is 0. The Balaban J connectivity index is 1.25. The number of rotatable bonds is 5. The van der Waals surface area contributed by atoms with Crippen molar-refractivity contribution >= 4 is 34.8 Å². The molecule has 2 atom stereocenters. The van der Waals surface area contributed by atoms with Gasteiger partial charge in [-0.15, -0.1) is 0 Å². The first-order valence-electron chi connectivity index (χ1n) is 13.0. The Labute approximate surface area is 238 Å². The minimum Gasteiger partial charge on any atom is -0.475 e. The number of carbonyl (C=O) groups excluding carboxylic acids is 1. The molecule has 10 nitrogen and oxygen atoms in total. The molecule has 41 heavy (non-hydrogen) atoms. The van der Waals surface area contributed by atoms with E-state index in [0.717, 1.165) is 12.3 Å². The molecule has 2 fully saturated rings. The Morgan fingerprint density at radius 3 is 2.85 bits per heavy atom. The van der Waals surface area contributed by atoms with Gasteiger partial charge in [0.25, 0.3) is 0 Å². The summed E-state index contributed by atoms with van der Waals surface area (Å²) < 4.78 is 57.1. The van der Waals surface area contributed by atoms with Crippen molar-refractivity contribution in [3.63, 3.8) is 0 Å². The number of alkyl halides is 3. The lowest BCUT2D eigenvalue weighted by Crippen LogP contribution is -2.48. The highest BCUT2D eigenvalue weighted by atomic mass is 35.5. The van der Waals surface area contributed by atoms with Crippen molar-refractivity contribution in [3.8, 4) is 17.1 Å². The molecule has 2 amide bonds. The third-order valence-electron chi connectivity index (χ3n) is 7.06. The number of urea groups is 1. The van der Waals surface area contributed by atoms with Crippen molar-refractivity contribution in [3.05, 3.63) is 53.4 Å². The van der Waals surface area contributed by atoms with Crippen molar-refractivity contribution in [1.82, 2.24) is 15.0 Å². The second-order valence-electron chi connectivity index (χ2n) is 10.5. The highest BCUT2D eigenvalue weighted by Gasteiger charge is 2.41. The summed E-state index contributed by atoms with van der Waals surface area (Å²) in [6.07, 6.45) is -0.628. The number of ether oxygens (including phenoxy) is 3. The fraction of sp³-hybridized carbons (Fsp3) is 0.407. The Morgan fingerprint density at radius 1 is 1.27 bits per heavy atom.